The molecule has 4 rings (SSSR count). The van der Waals surface area contributed by atoms with Crippen LogP contribution < -0.4 is 10.2 Å². The summed E-state index contributed by atoms with van der Waals surface area (Å²) in [7, 11) is 0. The van der Waals surface area contributed by atoms with Crippen LogP contribution in [0.1, 0.15) is 43.7 Å². The first kappa shape index (κ1) is 12.0. The lowest BCUT2D eigenvalue weighted by Crippen LogP contribution is -2.38. The normalized spacial score (nSPS) is 29.0. The lowest BCUT2D eigenvalue weighted by atomic mass is 9.82. The summed E-state index contributed by atoms with van der Waals surface area (Å²) in [4.78, 5) is 2.65. The van der Waals surface area contributed by atoms with Crippen molar-refractivity contribution in [1.29, 1.82) is 0 Å². The van der Waals surface area contributed by atoms with E-state index in [1.54, 1.807) is 11.3 Å². The highest BCUT2D eigenvalue weighted by atomic mass is 15.2. The summed E-state index contributed by atoms with van der Waals surface area (Å²) in [6.07, 6.45) is 4.30. The minimum atomic E-state index is 0. The molecular weight excluding hydrogens is 220 g/mol. The molecule has 98 valence electrons. The Labute approximate surface area is 110 Å². The average Bonchev–Trinajstić information content (AvgIpc) is 2.73. The molecule has 1 saturated carbocycles. The second kappa shape index (κ2) is 4.58. The molecular formula is C16H24N2. The number of benzene rings is 1. The van der Waals surface area contributed by atoms with E-state index in [9.17, 15) is 0 Å². The lowest BCUT2D eigenvalue weighted by Gasteiger charge is -2.38. The highest BCUT2D eigenvalue weighted by Gasteiger charge is 2.37. The van der Waals surface area contributed by atoms with Crippen molar-refractivity contribution in [2.24, 2.45) is 5.92 Å². The Bertz CT molecular complexity index is 441. The number of nitrogens with one attached hydrogen (secondary N) is 1. The number of fused-ring (bicyclic) bond motifs is 2. The Morgan fingerprint density at radius 2 is 2.17 bits per heavy atom. The van der Waals surface area contributed by atoms with Gasteiger partial charge in [-0.3, -0.25) is 0 Å². The van der Waals surface area contributed by atoms with Gasteiger partial charge in [0, 0.05) is 31.9 Å². The minimum absolute atomic E-state index is 0. The van der Waals surface area contributed by atoms with Crippen LogP contribution >= 0.6 is 0 Å². The third-order valence-corrected chi connectivity index (χ3v) is 4.85. The highest BCUT2D eigenvalue weighted by Crippen LogP contribution is 2.48. The number of hydrogen-bond donors (Lipinski definition) is 1. The third kappa shape index (κ3) is 1.66. The molecule has 0 saturated heterocycles. The Hall–Kier alpha value is -1.02. The standard InChI is InChI=1S/C15H20N2.CH4/c1-3-11-9-16-7-8-17-10-12-4-2-5-13(12)14(6-1)15(11)17;/h1,3,6,12-13,16H,2,4-5,7-10H2;1H4. The van der Waals surface area contributed by atoms with E-state index in [1.807, 2.05) is 0 Å². The maximum atomic E-state index is 3.55. The molecule has 2 heterocycles. The van der Waals surface area contributed by atoms with E-state index in [0.717, 1.165) is 24.9 Å². The Morgan fingerprint density at radius 3 is 3.11 bits per heavy atom. The number of anilines is 1. The largest absolute Gasteiger partial charge is 0.369 e. The molecule has 1 fully saturated rings. The van der Waals surface area contributed by atoms with Crippen LogP contribution in [-0.2, 0) is 6.54 Å². The SMILES string of the molecule is C.c1cc2c3c(c1)C1CCCC1CN3CCNC2. The third-order valence-electron chi connectivity index (χ3n) is 4.85. The molecule has 2 nitrogen and oxygen atoms in total. The predicted octanol–water partition coefficient (Wildman–Crippen LogP) is 3.13. The summed E-state index contributed by atoms with van der Waals surface area (Å²) in [6, 6.07) is 6.96. The minimum Gasteiger partial charge on any atom is -0.369 e. The molecule has 2 atom stereocenters. The fourth-order valence-electron chi connectivity index (χ4n) is 4.12. The average molecular weight is 244 g/mol. The van der Waals surface area contributed by atoms with E-state index in [0.29, 0.717) is 0 Å². The summed E-state index contributed by atoms with van der Waals surface area (Å²) >= 11 is 0. The summed E-state index contributed by atoms with van der Waals surface area (Å²) in [5.41, 5.74) is 4.76. The summed E-state index contributed by atoms with van der Waals surface area (Å²) < 4.78 is 0. The lowest BCUT2D eigenvalue weighted by molar-refractivity contribution is 0.454. The van der Waals surface area contributed by atoms with Gasteiger partial charge < -0.3 is 10.2 Å². The molecule has 18 heavy (non-hydrogen) atoms. The summed E-state index contributed by atoms with van der Waals surface area (Å²) in [6.45, 7) is 4.67. The van der Waals surface area contributed by atoms with E-state index in [2.05, 4.69) is 28.4 Å². The molecule has 2 unspecified atom stereocenters. The predicted molar refractivity (Wildman–Crippen MR) is 77.2 cm³/mol. The van der Waals surface area contributed by atoms with E-state index in [1.165, 1.54) is 37.9 Å². The van der Waals surface area contributed by atoms with Crippen LogP contribution in [0.5, 0.6) is 0 Å². The number of hydrogen-bond acceptors (Lipinski definition) is 2. The van der Waals surface area contributed by atoms with E-state index in [-0.39, 0.29) is 7.43 Å². The number of para-hydroxylation sites is 1. The molecule has 1 aromatic rings. The van der Waals surface area contributed by atoms with Crippen LogP contribution in [0.3, 0.4) is 0 Å². The van der Waals surface area contributed by atoms with Gasteiger partial charge in [0.15, 0.2) is 0 Å². The molecule has 1 aromatic carbocycles. The molecule has 1 N–H and O–H groups in total. The van der Waals surface area contributed by atoms with E-state index < -0.39 is 0 Å². The van der Waals surface area contributed by atoms with Crippen molar-refractivity contribution in [1.82, 2.24) is 5.32 Å². The number of nitrogens with zero attached hydrogens (tertiary/aromatic N) is 1. The van der Waals surface area contributed by atoms with Gasteiger partial charge in [0.25, 0.3) is 0 Å². The van der Waals surface area contributed by atoms with Crippen molar-refractivity contribution >= 4 is 5.69 Å². The van der Waals surface area contributed by atoms with Gasteiger partial charge in [0.1, 0.15) is 0 Å². The number of rotatable bonds is 0. The second-order valence-corrected chi connectivity index (χ2v) is 5.78. The Morgan fingerprint density at radius 1 is 1.22 bits per heavy atom. The first-order valence-electron chi connectivity index (χ1n) is 7.01. The van der Waals surface area contributed by atoms with Crippen LogP contribution in [0.25, 0.3) is 0 Å². The van der Waals surface area contributed by atoms with Gasteiger partial charge in [-0.1, -0.05) is 32.0 Å². The Balaban J connectivity index is 0.000001000. The highest BCUT2D eigenvalue weighted by molar-refractivity contribution is 5.64. The fraction of sp³-hybridized carbons (Fsp3) is 0.625. The zero-order valence-electron chi connectivity index (χ0n) is 10.3. The van der Waals surface area contributed by atoms with Crippen LogP contribution in [-0.4, -0.2) is 19.6 Å². The fourth-order valence-corrected chi connectivity index (χ4v) is 4.12. The molecule has 0 amide bonds. The van der Waals surface area contributed by atoms with Gasteiger partial charge in [0.05, 0.1) is 0 Å². The first-order chi connectivity index (χ1) is 8.43. The van der Waals surface area contributed by atoms with Crippen molar-refractivity contribution < 1.29 is 0 Å². The van der Waals surface area contributed by atoms with Crippen LogP contribution in [0.2, 0.25) is 0 Å². The smallest absolute Gasteiger partial charge is 0.0447 e. The van der Waals surface area contributed by atoms with E-state index in [4.69, 9.17) is 0 Å². The van der Waals surface area contributed by atoms with Crippen molar-refractivity contribution in [3.63, 3.8) is 0 Å². The Kier molecular flexibility index (Phi) is 3.06. The maximum Gasteiger partial charge on any atom is 0.0447 e. The van der Waals surface area contributed by atoms with Crippen molar-refractivity contribution in [3.8, 4) is 0 Å². The topological polar surface area (TPSA) is 15.3 Å². The second-order valence-electron chi connectivity index (χ2n) is 5.78. The first-order valence-corrected chi connectivity index (χ1v) is 7.01. The van der Waals surface area contributed by atoms with Crippen LogP contribution in [0, 0.1) is 5.92 Å². The molecule has 0 radical (unpaired) electrons. The molecule has 1 aliphatic carbocycles. The summed E-state index contributed by atoms with van der Waals surface area (Å²) in [5, 5.41) is 3.55. The van der Waals surface area contributed by atoms with Gasteiger partial charge >= 0.3 is 0 Å². The van der Waals surface area contributed by atoms with Crippen molar-refractivity contribution in [3.05, 3.63) is 29.3 Å². The molecule has 2 heteroatoms. The van der Waals surface area contributed by atoms with Crippen molar-refractivity contribution in [2.75, 3.05) is 24.5 Å². The van der Waals surface area contributed by atoms with Crippen LogP contribution in [0.15, 0.2) is 18.2 Å². The van der Waals surface area contributed by atoms with Gasteiger partial charge in [-0.2, -0.15) is 0 Å². The van der Waals surface area contributed by atoms with Gasteiger partial charge in [-0.15, -0.1) is 0 Å². The molecule has 0 spiro atoms. The molecule has 3 aliphatic rings. The van der Waals surface area contributed by atoms with Gasteiger partial charge in [-0.25, -0.2) is 0 Å². The quantitative estimate of drug-likeness (QED) is 0.754. The molecule has 0 aromatic heterocycles. The summed E-state index contributed by atoms with van der Waals surface area (Å²) in [5.74, 6) is 1.79. The zero-order chi connectivity index (χ0) is 11.2. The van der Waals surface area contributed by atoms with E-state index >= 15 is 0 Å². The molecule has 0 bridgehead atoms. The monoisotopic (exact) mass is 244 g/mol. The van der Waals surface area contributed by atoms with Crippen molar-refractivity contribution in [2.45, 2.75) is 39.2 Å². The zero-order valence-corrected chi connectivity index (χ0v) is 10.3. The molecule has 2 aliphatic heterocycles. The van der Waals surface area contributed by atoms with Gasteiger partial charge in [-0.05, 0) is 35.8 Å². The van der Waals surface area contributed by atoms with Crippen LogP contribution in [0.4, 0.5) is 5.69 Å². The van der Waals surface area contributed by atoms with Gasteiger partial charge in [0.2, 0.25) is 0 Å². The maximum absolute atomic E-state index is 3.55.